The fourth-order valence-corrected chi connectivity index (χ4v) is 1.69. The average Bonchev–Trinajstić information content (AvgIpc) is 2.28. The third-order valence-electron chi connectivity index (χ3n) is 2.89. The summed E-state index contributed by atoms with van der Waals surface area (Å²) in [7, 11) is 1.93. The normalized spacial score (nSPS) is 12.8. The lowest BCUT2D eigenvalue weighted by molar-refractivity contribution is 0.514. The number of rotatable bonds is 6. The molecule has 2 nitrogen and oxygen atoms in total. The van der Waals surface area contributed by atoms with Gasteiger partial charge in [-0.05, 0) is 31.5 Å². The van der Waals surface area contributed by atoms with E-state index in [1.165, 1.54) is 6.07 Å². The van der Waals surface area contributed by atoms with Gasteiger partial charge in [-0.3, -0.25) is 0 Å². The van der Waals surface area contributed by atoms with Gasteiger partial charge in [0.1, 0.15) is 5.82 Å². The molecule has 0 aliphatic carbocycles. The van der Waals surface area contributed by atoms with E-state index in [1.807, 2.05) is 24.1 Å². The summed E-state index contributed by atoms with van der Waals surface area (Å²) in [5.41, 5.74) is 0.659. The van der Waals surface area contributed by atoms with Gasteiger partial charge in [0.15, 0.2) is 0 Å². The maximum Gasteiger partial charge on any atom is 0.146 e. The Bertz CT molecular complexity index is 339. The molecule has 0 saturated heterocycles. The highest BCUT2D eigenvalue weighted by atomic mass is 19.1. The topological polar surface area (TPSA) is 15.3 Å². The van der Waals surface area contributed by atoms with Crippen molar-refractivity contribution < 1.29 is 4.39 Å². The highest BCUT2D eigenvalue weighted by Crippen LogP contribution is 2.18. The molecule has 3 heteroatoms. The van der Waals surface area contributed by atoms with E-state index in [0.717, 1.165) is 13.1 Å². The molecule has 0 aliphatic rings. The predicted octanol–water partition coefficient (Wildman–Crippen LogP) is 2.90. The van der Waals surface area contributed by atoms with Crippen molar-refractivity contribution >= 4 is 5.69 Å². The van der Waals surface area contributed by atoms with Crippen molar-refractivity contribution in [2.75, 3.05) is 25.0 Å². The van der Waals surface area contributed by atoms with Crippen molar-refractivity contribution in [3.63, 3.8) is 0 Å². The van der Waals surface area contributed by atoms with Crippen molar-refractivity contribution in [2.45, 2.75) is 26.8 Å². The first-order valence-electron chi connectivity index (χ1n) is 6.20. The molecule has 0 bridgehead atoms. The van der Waals surface area contributed by atoms with Crippen LogP contribution in [0.25, 0.3) is 0 Å². The van der Waals surface area contributed by atoms with Crippen molar-refractivity contribution in [3.05, 3.63) is 30.1 Å². The summed E-state index contributed by atoms with van der Waals surface area (Å²) >= 11 is 0. The van der Waals surface area contributed by atoms with Crippen molar-refractivity contribution in [2.24, 2.45) is 5.92 Å². The molecule has 0 amide bonds. The van der Waals surface area contributed by atoms with Crippen LogP contribution < -0.4 is 10.2 Å². The van der Waals surface area contributed by atoms with Gasteiger partial charge in [-0.1, -0.05) is 26.0 Å². The largest absolute Gasteiger partial charge is 0.368 e. The Labute approximate surface area is 104 Å². The van der Waals surface area contributed by atoms with E-state index >= 15 is 0 Å². The minimum absolute atomic E-state index is 0.161. The first kappa shape index (κ1) is 14.0. The zero-order valence-electron chi connectivity index (χ0n) is 11.2. The van der Waals surface area contributed by atoms with Crippen molar-refractivity contribution in [1.82, 2.24) is 5.32 Å². The number of para-hydroxylation sites is 1. The molecule has 1 N–H and O–H groups in total. The maximum absolute atomic E-state index is 13.6. The lowest BCUT2D eigenvalue weighted by Gasteiger charge is -2.28. The van der Waals surface area contributed by atoms with Gasteiger partial charge < -0.3 is 10.2 Å². The van der Waals surface area contributed by atoms with Gasteiger partial charge >= 0.3 is 0 Å². The molecule has 96 valence electrons. The van der Waals surface area contributed by atoms with Crippen LogP contribution in [0.5, 0.6) is 0 Å². The molecule has 1 aromatic rings. The molecule has 0 spiro atoms. The second kappa shape index (κ2) is 6.60. The van der Waals surface area contributed by atoms with Gasteiger partial charge in [0.05, 0.1) is 5.69 Å². The smallest absolute Gasteiger partial charge is 0.146 e. The van der Waals surface area contributed by atoms with E-state index < -0.39 is 0 Å². The van der Waals surface area contributed by atoms with Crippen LogP contribution in [0.3, 0.4) is 0 Å². The molecule has 0 radical (unpaired) electrons. The fourth-order valence-electron chi connectivity index (χ4n) is 1.69. The van der Waals surface area contributed by atoms with Crippen molar-refractivity contribution in [1.29, 1.82) is 0 Å². The average molecular weight is 238 g/mol. The summed E-state index contributed by atoms with van der Waals surface area (Å²) in [4.78, 5) is 1.97. The third-order valence-corrected chi connectivity index (χ3v) is 2.89. The Hall–Kier alpha value is -1.09. The molecule has 1 rings (SSSR count). The monoisotopic (exact) mass is 238 g/mol. The zero-order valence-corrected chi connectivity index (χ0v) is 11.2. The summed E-state index contributed by atoms with van der Waals surface area (Å²) in [6.45, 7) is 8.31. The third kappa shape index (κ3) is 4.35. The Morgan fingerprint density at radius 1 is 1.18 bits per heavy atom. The van der Waals surface area contributed by atoms with Crippen LogP contribution in [-0.4, -0.2) is 26.2 Å². The van der Waals surface area contributed by atoms with Crippen LogP contribution in [0.2, 0.25) is 0 Å². The molecular formula is C14H23FN2. The molecule has 0 aromatic heterocycles. The predicted molar refractivity (Wildman–Crippen MR) is 72.0 cm³/mol. The minimum Gasteiger partial charge on any atom is -0.368 e. The van der Waals surface area contributed by atoms with E-state index in [2.05, 4.69) is 26.1 Å². The fraction of sp³-hybridized carbons (Fsp3) is 0.571. The first-order chi connectivity index (χ1) is 8.02. The van der Waals surface area contributed by atoms with E-state index in [0.29, 0.717) is 11.6 Å². The van der Waals surface area contributed by atoms with Crippen LogP contribution in [-0.2, 0) is 0 Å². The van der Waals surface area contributed by atoms with E-state index in [9.17, 15) is 4.39 Å². The Morgan fingerprint density at radius 3 is 2.41 bits per heavy atom. The standard InChI is InChI=1S/C14H23FN2/c1-11(2)9-16-10-12(3)17(4)14-8-6-5-7-13(14)15/h5-8,11-12,16H,9-10H2,1-4H3. The van der Waals surface area contributed by atoms with Gasteiger partial charge in [0.25, 0.3) is 0 Å². The number of benzene rings is 1. The first-order valence-corrected chi connectivity index (χ1v) is 6.20. The lowest BCUT2D eigenvalue weighted by atomic mass is 10.2. The lowest BCUT2D eigenvalue weighted by Crippen LogP contribution is -2.39. The molecular weight excluding hydrogens is 215 g/mol. The summed E-state index contributed by atoms with van der Waals surface area (Å²) < 4.78 is 13.6. The molecule has 17 heavy (non-hydrogen) atoms. The van der Waals surface area contributed by atoms with Gasteiger partial charge in [-0.2, -0.15) is 0 Å². The summed E-state index contributed by atoms with van der Waals surface area (Å²) in [6, 6.07) is 7.16. The zero-order chi connectivity index (χ0) is 12.8. The highest BCUT2D eigenvalue weighted by Gasteiger charge is 2.12. The number of likely N-dealkylation sites (N-methyl/N-ethyl adjacent to an activating group) is 1. The van der Waals surface area contributed by atoms with E-state index in [1.54, 1.807) is 6.07 Å². The van der Waals surface area contributed by atoms with Crippen LogP contribution in [0.4, 0.5) is 10.1 Å². The van der Waals surface area contributed by atoms with E-state index in [4.69, 9.17) is 0 Å². The summed E-state index contributed by atoms with van der Waals surface area (Å²) in [5, 5.41) is 3.39. The van der Waals surface area contributed by atoms with Crippen molar-refractivity contribution in [3.8, 4) is 0 Å². The molecule has 0 saturated carbocycles. The second-order valence-electron chi connectivity index (χ2n) is 4.96. The Kier molecular flexibility index (Phi) is 5.42. The van der Waals surface area contributed by atoms with Gasteiger partial charge in [-0.15, -0.1) is 0 Å². The Morgan fingerprint density at radius 2 is 1.82 bits per heavy atom. The summed E-state index contributed by atoms with van der Waals surface area (Å²) in [5.74, 6) is 0.478. The number of nitrogens with one attached hydrogen (secondary N) is 1. The molecule has 1 atom stereocenters. The highest BCUT2D eigenvalue weighted by molar-refractivity contribution is 5.47. The quantitative estimate of drug-likeness (QED) is 0.820. The SMILES string of the molecule is CC(C)CNCC(C)N(C)c1ccccc1F. The van der Waals surface area contributed by atoms with Crippen LogP contribution >= 0.6 is 0 Å². The molecule has 1 unspecified atom stereocenters. The van der Waals surface area contributed by atoms with Gasteiger partial charge in [-0.25, -0.2) is 4.39 Å². The van der Waals surface area contributed by atoms with Crippen LogP contribution in [0.1, 0.15) is 20.8 Å². The number of hydrogen-bond acceptors (Lipinski definition) is 2. The number of nitrogens with zero attached hydrogens (tertiary/aromatic N) is 1. The van der Waals surface area contributed by atoms with Crippen LogP contribution in [0.15, 0.2) is 24.3 Å². The molecule has 0 fully saturated rings. The molecule has 0 heterocycles. The number of anilines is 1. The van der Waals surface area contributed by atoms with E-state index in [-0.39, 0.29) is 11.9 Å². The minimum atomic E-state index is -0.161. The van der Waals surface area contributed by atoms with Gasteiger partial charge in [0.2, 0.25) is 0 Å². The second-order valence-corrected chi connectivity index (χ2v) is 4.96. The van der Waals surface area contributed by atoms with Crippen LogP contribution in [0, 0.1) is 11.7 Å². The maximum atomic E-state index is 13.6. The molecule has 1 aromatic carbocycles. The Balaban J connectivity index is 2.52. The van der Waals surface area contributed by atoms with Gasteiger partial charge in [0, 0.05) is 19.6 Å². The number of halogens is 1. The number of hydrogen-bond donors (Lipinski definition) is 1. The molecule has 0 aliphatic heterocycles. The summed E-state index contributed by atoms with van der Waals surface area (Å²) in [6.07, 6.45) is 0.